The second kappa shape index (κ2) is 12.3. The molecule has 0 radical (unpaired) electrons. The Hall–Kier alpha value is -2.98. The van der Waals surface area contributed by atoms with Crippen LogP contribution in [0.25, 0.3) is 0 Å². The van der Waals surface area contributed by atoms with Crippen molar-refractivity contribution in [1.29, 1.82) is 0 Å². The Kier molecular flexibility index (Phi) is 8.75. The molecule has 218 valence electrons. The van der Waals surface area contributed by atoms with Crippen LogP contribution in [0.3, 0.4) is 0 Å². The lowest BCUT2D eigenvalue weighted by Gasteiger charge is -2.47. The topological polar surface area (TPSA) is 80.0 Å². The molecule has 3 fully saturated rings. The molecule has 0 amide bonds. The van der Waals surface area contributed by atoms with E-state index in [4.69, 9.17) is 20.1 Å². The van der Waals surface area contributed by atoms with Crippen LogP contribution in [0.15, 0.2) is 48.5 Å². The highest BCUT2D eigenvalue weighted by molar-refractivity contribution is 5.61. The van der Waals surface area contributed by atoms with Crippen molar-refractivity contribution in [2.45, 2.75) is 69.9 Å². The lowest BCUT2D eigenvalue weighted by Crippen LogP contribution is -2.61. The monoisotopic (exact) mass is 563 g/mol. The van der Waals surface area contributed by atoms with Gasteiger partial charge in [0.15, 0.2) is 0 Å². The number of carbonyl (C=O) groups is 1. The molecule has 2 heterocycles. The van der Waals surface area contributed by atoms with E-state index in [-0.39, 0.29) is 23.8 Å². The first kappa shape index (κ1) is 28.5. The number of halogens is 3. The molecule has 2 saturated heterocycles. The van der Waals surface area contributed by atoms with Gasteiger partial charge in [0, 0.05) is 11.5 Å². The first-order chi connectivity index (χ1) is 19.2. The number of cyclic esters (lactones) is 2. The van der Waals surface area contributed by atoms with Crippen LogP contribution < -0.4 is 15.3 Å². The molecule has 1 aliphatic carbocycles. The average Bonchev–Trinajstić information content (AvgIpc) is 3.65. The lowest BCUT2D eigenvalue weighted by atomic mass is 9.79. The van der Waals surface area contributed by atoms with Crippen molar-refractivity contribution in [3.63, 3.8) is 0 Å². The minimum absolute atomic E-state index is 0.0361. The van der Waals surface area contributed by atoms with Crippen LogP contribution in [0.1, 0.15) is 62.1 Å². The minimum atomic E-state index is -4.77. The maximum Gasteiger partial charge on any atom is 0.573 e. The zero-order chi connectivity index (χ0) is 28.2. The van der Waals surface area contributed by atoms with Gasteiger partial charge in [-0.2, -0.15) is 5.84 Å². The first-order valence-corrected chi connectivity index (χ1v) is 14.2. The van der Waals surface area contributed by atoms with E-state index in [1.807, 2.05) is 18.2 Å². The summed E-state index contributed by atoms with van der Waals surface area (Å²) in [5.41, 5.74) is 1.83. The molecule has 10 heteroatoms. The minimum Gasteiger partial charge on any atom is -0.493 e. The van der Waals surface area contributed by atoms with Gasteiger partial charge in [-0.3, -0.25) is 0 Å². The standard InChI is InChI=1S/C30H38F3N2O5/c31-30(32,33)40-25-13-14-27(37-19-21-11-12-21)24(18-25)17-23-9-6-16-35(34,28(23)22-7-2-1-3-8-22)15-5-4-10-26-20-38-29(36)39-26/h1-3,7-8,13-14,18,21,23,26,28H,4-6,9-12,15-17,19-20,34H2/q+1. The lowest BCUT2D eigenvalue weighted by molar-refractivity contribution is -0.977. The number of nitrogens with two attached hydrogens (primary N) is 1. The zero-order valence-electron chi connectivity index (χ0n) is 22.6. The van der Waals surface area contributed by atoms with Crippen LogP contribution in [0.4, 0.5) is 18.0 Å². The Morgan fingerprint density at radius 2 is 1.85 bits per heavy atom. The smallest absolute Gasteiger partial charge is 0.493 e. The van der Waals surface area contributed by atoms with E-state index in [9.17, 15) is 18.0 Å². The number of rotatable bonds is 12. The van der Waals surface area contributed by atoms with Gasteiger partial charge in [0.05, 0.1) is 19.7 Å². The summed E-state index contributed by atoms with van der Waals surface area (Å²) in [5, 5.41) is 0. The van der Waals surface area contributed by atoms with Gasteiger partial charge in [0.25, 0.3) is 0 Å². The molecule has 4 unspecified atom stereocenters. The van der Waals surface area contributed by atoms with E-state index < -0.39 is 12.5 Å². The van der Waals surface area contributed by atoms with E-state index in [0.717, 1.165) is 63.6 Å². The summed E-state index contributed by atoms with van der Waals surface area (Å²) in [7, 11) is 0. The Morgan fingerprint density at radius 3 is 2.55 bits per heavy atom. The fourth-order valence-electron chi connectivity index (χ4n) is 6.16. The summed E-state index contributed by atoms with van der Waals surface area (Å²) in [5.74, 6) is 8.16. The van der Waals surface area contributed by atoms with Crippen LogP contribution in [-0.2, 0) is 15.9 Å². The van der Waals surface area contributed by atoms with E-state index in [1.54, 1.807) is 6.07 Å². The van der Waals surface area contributed by atoms with Crippen LogP contribution in [0, 0.1) is 11.8 Å². The second-order valence-electron chi connectivity index (χ2n) is 11.4. The van der Waals surface area contributed by atoms with E-state index in [1.165, 1.54) is 12.1 Å². The summed E-state index contributed by atoms with van der Waals surface area (Å²) in [6.07, 6.45) is 1.41. The highest BCUT2D eigenvalue weighted by Crippen LogP contribution is 2.43. The molecule has 5 rings (SSSR count). The number of unbranched alkanes of at least 4 members (excludes halogenated alkanes) is 1. The number of benzene rings is 2. The van der Waals surface area contributed by atoms with Crippen LogP contribution in [-0.4, -0.2) is 49.5 Å². The van der Waals surface area contributed by atoms with Crippen molar-refractivity contribution in [2.24, 2.45) is 17.7 Å². The van der Waals surface area contributed by atoms with E-state index in [2.05, 4.69) is 16.9 Å². The summed E-state index contributed by atoms with van der Waals surface area (Å²) >= 11 is 0. The summed E-state index contributed by atoms with van der Waals surface area (Å²) in [6, 6.07) is 14.5. The third-order valence-electron chi connectivity index (χ3n) is 8.21. The number of likely N-dealkylation sites (tertiary alicyclic amines) is 1. The molecule has 2 aromatic carbocycles. The second-order valence-corrected chi connectivity index (χ2v) is 11.4. The fraction of sp³-hybridized carbons (Fsp3) is 0.567. The molecule has 0 spiro atoms. The van der Waals surface area contributed by atoms with Gasteiger partial charge in [0.2, 0.25) is 0 Å². The van der Waals surface area contributed by atoms with E-state index in [0.29, 0.717) is 41.5 Å². The number of ether oxygens (including phenoxy) is 4. The quantitative estimate of drug-likeness (QED) is 0.138. The number of hydrogen-bond acceptors (Lipinski definition) is 6. The van der Waals surface area contributed by atoms with Gasteiger partial charge < -0.3 is 18.9 Å². The molecule has 7 nitrogen and oxygen atoms in total. The Balaban J connectivity index is 1.35. The third-order valence-corrected chi connectivity index (χ3v) is 8.21. The van der Waals surface area contributed by atoms with Gasteiger partial charge >= 0.3 is 12.5 Å². The number of carbonyl (C=O) groups excluding carboxylic acids is 1. The number of nitrogens with zero attached hydrogens (tertiary/aromatic N) is 1. The number of hydrogen-bond donors (Lipinski definition) is 1. The van der Waals surface area contributed by atoms with Gasteiger partial charge in [0.1, 0.15) is 30.3 Å². The van der Waals surface area contributed by atoms with Crippen molar-refractivity contribution in [1.82, 2.24) is 0 Å². The maximum atomic E-state index is 13.0. The highest BCUT2D eigenvalue weighted by atomic mass is 19.4. The largest absolute Gasteiger partial charge is 0.573 e. The van der Waals surface area contributed by atoms with Gasteiger partial charge in [-0.25, -0.2) is 9.39 Å². The molecule has 2 aliphatic heterocycles. The van der Waals surface area contributed by atoms with Gasteiger partial charge in [-0.1, -0.05) is 30.3 Å². The fourth-order valence-corrected chi connectivity index (χ4v) is 6.16. The molecule has 2 aromatic rings. The molecule has 1 saturated carbocycles. The first-order valence-electron chi connectivity index (χ1n) is 14.2. The molecule has 2 N–H and O–H groups in total. The summed E-state index contributed by atoms with van der Waals surface area (Å²) in [6.45, 7) is 2.40. The molecular weight excluding hydrogens is 525 g/mol. The van der Waals surface area contributed by atoms with Crippen molar-refractivity contribution < 1.29 is 41.5 Å². The van der Waals surface area contributed by atoms with Gasteiger partial charge in [-0.05, 0) is 81.0 Å². The van der Waals surface area contributed by atoms with Crippen LogP contribution in [0.2, 0.25) is 0 Å². The highest BCUT2D eigenvalue weighted by Gasteiger charge is 2.44. The van der Waals surface area contributed by atoms with E-state index >= 15 is 0 Å². The number of alkyl halides is 3. The number of piperidine rings is 1. The Labute approximate surface area is 232 Å². The van der Waals surface area contributed by atoms with Crippen molar-refractivity contribution in [3.8, 4) is 11.5 Å². The summed E-state index contributed by atoms with van der Waals surface area (Å²) < 4.78 is 59.9. The van der Waals surface area contributed by atoms with Gasteiger partial charge in [-0.15, -0.1) is 13.2 Å². The Bertz CT molecular complexity index is 1140. The van der Waals surface area contributed by atoms with Crippen LogP contribution in [0.5, 0.6) is 11.5 Å². The molecule has 0 aromatic heterocycles. The average molecular weight is 564 g/mol. The third kappa shape index (κ3) is 7.60. The predicted molar refractivity (Wildman–Crippen MR) is 141 cm³/mol. The van der Waals surface area contributed by atoms with Crippen molar-refractivity contribution in [3.05, 3.63) is 59.7 Å². The molecule has 4 atom stereocenters. The molecule has 40 heavy (non-hydrogen) atoms. The Morgan fingerprint density at radius 1 is 1.05 bits per heavy atom. The summed E-state index contributed by atoms with van der Waals surface area (Å²) in [4.78, 5) is 11.2. The predicted octanol–water partition coefficient (Wildman–Crippen LogP) is 6.46. The van der Waals surface area contributed by atoms with Crippen molar-refractivity contribution >= 4 is 6.16 Å². The van der Waals surface area contributed by atoms with Crippen molar-refractivity contribution in [2.75, 3.05) is 26.3 Å². The maximum absolute atomic E-state index is 13.0. The normalized spacial score (nSPS) is 26.7. The zero-order valence-corrected chi connectivity index (χ0v) is 22.6. The molecule has 0 bridgehead atoms. The molecular formula is C30H38F3N2O5+. The molecule has 3 aliphatic rings. The number of quaternary nitrogens is 1. The van der Waals surface area contributed by atoms with Crippen LogP contribution >= 0.6 is 0 Å². The SMILES string of the molecule is N[N+]1(CCCCC2COC(=O)O2)CCCC(Cc2cc(OC(F)(F)F)ccc2OCC2CC2)C1c1ccccc1.